The molecule has 2 aromatic carbocycles. The van der Waals surface area contributed by atoms with Crippen molar-refractivity contribution >= 4 is 39.8 Å². The molecule has 0 saturated heterocycles. The number of nitro benzene ring substituents is 1. The van der Waals surface area contributed by atoms with Gasteiger partial charge in [-0.05, 0) is 30.7 Å². The summed E-state index contributed by atoms with van der Waals surface area (Å²) >= 11 is 0. The normalized spacial score (nSPS) is 10.5. The Labute approximate surface area is 147 Å². The van der Waals surface area contributed by atoms with Gasteiger partial charge in [-0.3, -0.25) is 24.8 Å². The number of benzene rings is 2. The van der Waals surface area contributed by atoms with Gasteiger partial charge >= 0.3 is 0 Å². The van der Waals surface area contributed by atoms with Crippen LogP contribution in [0.2, 0.25) is 0 Å². The number of hydrogen-bond donors (Lipinski definition) is 3. The predicted molar refractivity (Wildman–Crippen MR) is 96.2 cm³/mol. The van der Waals surface area contributed by atoms with Gasteiger partial charge in [0.15, 0.2) is 5.69 Å². The Morgan fingerprint density at radius 3 is 2.58 bits per heavy atom. The molecule has 3 rings (SSSR count). The zero-order chi connectivity index (χ0) is 18.8. The molecule has 0 aliphatic heterocycles. The fraction of sp³-hybridized carbons (Fsp3) is 0.118. The van der Waals surface area contributed by atoms with Crippen molar-refractivity contribution in [3.8, 4) is 0 Å². The first-order valence-corrected chi connectivity index (χ1v) is 7.67. The van der Waals surface area contributed by atoms with E-state index in [1.807, 2.05) is 6.92 Å². The Hall–Kier alpha value is -3.75. The molecule has 0 fully saturated rings. The number of aromatic nitrogens is 2. The van der Waals surface area contributed by atoms with Crippen LogP contribution in [0.1, 0.15) is 23.0 Å². The van der Waals surface area contributed by atoms with E-state index >= 15 is 0 Å². The van der Waals surface area contributed by atoms with Crippen LogP contribution in [0.25, 0.3) is 10.9 Å². The molecule has 3 aromatic rings. The van der Waals surface area contributed by atoms with Crippen LogP contribution in [0, 0.1) is 17.0 Å². The topological polar surface area (TPSA) is 130 Å². The molecule has 9 nitrogen and oxygen atoms in total. The molecular weight excluding hydrogens is 338 g/mol. The second-order valence-corrected chi connectivity index (χ2v) is 5.74. The summed E-state index contributed by atoms with van der Waals surface area (Å²) in [6, 6.07) is 9.30. The van der Waals surface area contributed by atoms with Crippen molar-refractivity contribution in [1.82, 2.24) is 10.2 Å². The van der Waals surface area contributed by atoms with E-state index in [1.54, 1.807) is 18.2 Å². The van der Waals surface area contributed by atoms with Gasteiger partial charge in [0.05, 0.1) is 21.8 Å². The molecular formula is C17H15N5O4. The number of nitrogens with zero attached hydrogens (tertiary/aromatic N) is 2. The average Bonchev–Trinajstić information content (AvgIpc) is 3.00. The van der Waals surface area contributed by atoms with Gasteiger partial charge in [0.2, 0.25) is 5.91 Å². The van der Waals surface area contributed by atoms with Crippen molar-refractivity contribution in [3.05, 3.63) is 57.8 Å². The number of non-ortho nitro benzene ring substituents is 1. The molecule has 0 aliphatic carbocycles. The fourth-order valence-corrected chi connectivity index (χ4v) is 2.53. The largest absolute Gasteiger partial charge is 0.325 e. The minimum atomic E-state index is -0.547. The molecule has 0 spiro atoms. The van der Waals surface area contributed by atoms with Gasteiger partial charge in [-0.25, -0.2) is 0 Å². The summed E-state index contributed by atoms with van der Waals surface area (Å²) in [6.45, 7) is 3.21. The van der Waals surface area contributed by atoms with E-state index in [4.69, 9.17) is 0 Å². The molecule has 3 N–H and O–H groups in total. The Kier molecular flexibility index (Phi) is 4.36. The van der Waals surface area contributed by atoms with Crippen molar-refractivity contribution < 1.29 is 14.5 Å². The molecule has 1 heterocycles. The van der Waals surface area contributed by atoms with E-state index in [0.29, 0.717) is 22.3 Å². The Bertz CT molecular complexity index is 1040. The minimum Gasteiger partial charge on any atom is -0.325 e. The highest BCUT2D eigenvalue weighted by Gasteiger charge is 2.18. The van der Waals surface area contributed by atoms with Crippen molar-refractivity contribution in [1.29, 1.82) is 0 Å². The Morgan fingerprint density at radius 1 is 1.12 bits per heavy atom. The lowest BCUT2D eigenvalue weighted by molar-refractivity contribution is -0.384. The molecule has 1 aromatic heterocycles. The van der Waals surface area contributed by atoms with Crippen LogP contribution in [0.4, 0.5) is 17.1 Å². The molecule has 26 heavy (non-hydrogen) atoms. The smallest absolute Gasteiger partial charge is 0.276 e. The number of carbonyl (C=O) groups excluding carboxylic acids is 2. The number of nitrogens with one attached hydrogen (secondary N) is 3. The van der Waals surface area contributed by atoms with Crippen LogP contribution in [0.3, 0.4) is 0 Å². The minimum absolute atomic E-state index is 0.0268. The van der Waals surface area contributed by atoms with Crippen LogP contribution in [0.5, 0.6) is 0 Å². The second-order valence-electron chi connectivity index (χ2n) is 5.74. The fourth-order valence-electron chi connectivity index (χ4n) is 2.53. The van der Waals surface area contributed by atoms with E-state index in [9.17, 15) is 19.7 Å². The Morgan fingerprint density at radius 2 is 1.88 bits per heavy atom. The molecule has 0 aliphatic rings. The molecule has 9 heteroatoms. The van der Waals surface area contributed by atoms with Crippen molar-refractivity contribution in [2.45, 2.75) is 13.8 Å². The number of hydrogen-bond acceptors (Lipinski definition) is 5. The number of carbonyl (C=O) groups is 2. The van der Waals surface area contributed by atoms with Gasteiger partial charge in [0.1, 0.15) is 0 Å². The van der Waals surface area contributed by atoms with Crippen LogP contribution in [-0.2, 0) is 4.79 Å². The zero-order valence-electron chi connectivity index (χ0n) is 14.0. The summed E-state index contributed by atoms with van der Waals surface area (Å²) in [6.07, 6.45) is 0. The van der Waals surface area contributed by atoms with Crippen LogP contribution in [0.15, 0.2) is 36.4 Å². The van der Waals surface area contributed by atoms with Crippen molar-refractivity contribution in [3.63, 3.8) is 0 Å². The number of rotatable bonds is 4. The molecule has 132 valence electrons. The average molecular weight is 353 g/mol. The highest BCUT2D eigenvalue weighted by atomic mass is 16.6. The summed E-state index contributed by atoms with van der Waals surface area (Å²) in [5, 5.41) is 23.3. The zero-order valence-corrected chi connectivity index (χ0v) is 14.0. The van der Waals surface area contributed by atoms with Gasteiger partial charge in [0, 0.05) is 24.4 Å². The molecule has 0 bridgehead atoms. The number of anilines is 2. The lowest BCUT2D eigenvalue weighted by atomic mass is 10.1. The maximum Gasteiger partial charge on any atom is 0.276 e. The van der Waals surface area contributed by atoms with Crippen LogP contribution >= 0.6 is 0 Å². The number of nitro groups is 1. The summed E-state index contributed by atoms with van der Waals surface area (Å²) in [5.41, 5.74) is 2.14. The SMILES string of the molecule is CC(=O)Nc1ccc(C)cc1NC(=O)c1n[nH]c2ccc([N+](=O)[O-])cc12. The molecule has 0 saturated carbocycles. The third-order valence-corrected chi connectivity index (χ3v) is 3.71. The number of aryl methyl sites for hydroxylation is 1. The van der Waals surface area contributed by atoms with E-state index in [2.05, 4.69) is 20.8 Å². The summed E-state index contributed by atoms with van der Waals surface area (Å²) in [7, 11) is 0. The van der Waals surface area contributed by atoms with E-state index in [1.165, 1.54) is 25.1 Å². The monoisotopic (exact) mass is 353 g/mol. The third-order valence-electron chi connectivity index (χ3n) is 3.71. The summed E-state index contributed by atoms with van der Waals surface area (Å²) in [4.78, 5) is 34.4. The first-order chi connectivity index (χ1) is 12.3. The first kappa shape index (κ1) is 17.1. The quantitative estimate of drug-likeness (QED) is 0.490. The highest BCUT2D eigenvalue weighted by Crippen LogP contribution is 2.26. The van der Waals surface area contributed by atoms with Gasteiger partial charge in [-0.15, -0.1) is 0 Å². The van der Waals surface area contributed by atoms with E-state index in [0.717, 1.165) is 5.56 Å². The number of H-pyrrole nitrogens is 1. The van der Waals surface area contributed by atoms with E-state index in [-0.39, 0.29) is 17.3 Å². The van der Waals surface area contributed by atoms with Gasteiger partial charge in [-0.1, -0.05) is 6.07 Å². The maximum absolute atomic E-state index is 12.6. The third kappa shape index (κ3) is 3.36. The molecule has 2 amide bonds. The second kappa shape index (κ2) is 6.63. The number of aromatic amines is 1. The van der Waals surface area contributed by atoms with E-state index < -0.39 is 10.8 Å². The standard InChI is InChI=1S/C17H15N5O4/c1-9-3-5-14(18-10(2)23)15(7-9)19-17(24)16-12-8-11(22(25)26)4-6-13(12)20-21-16/h3-8H,1-2H3,(H,18,23)(H,19,24)(H,20,21). The van der Waals surface area contributed by atoms with Crippen LogP contribution < -0.4 is 10.6 Å². The summed E-state index contributed by atoms with van der Waals surface area (Å²) < 4.78 is 0. The first-order valence-electron chi connectivity index (χ1n) is 7.67. The van der Waals surface area contributed by atoms with Gasteiger partial charge in [-0.2, -0.15) is 5.10 Å². The lowest BCUT2D eigenvalue weighted by Crippen LogP contribution is -2.16. The number of fused-ring (bicyclic) bond motifs is 1. The molecule has 0 atom stereocenters. The maximum atomic E-state index is 12.6. The molecule has 0 radical (unpaired) electrons. The number of amides is 2. The van der Waals surface area contributed by atoms with Gasteiger partial charge in [0.25, 0.3) is 11.6 Å². The van der Waals surface area contributed by atoms with Crippen LogP contribution in [-0.4, -0.2) is 26.9 Å². The Balaban J connectivity index is 1.97. The van der Waals surface area contributed by atoms with Crippen molar-refractivity contribution in [2.75, 3.05) is 10.6 Å². The predicted octanol–water partition coefficient (Wildman–Crippen LogP) is 2.99. The van der Waals surface area contributed by atoms with Crippen molar-refractivity contribution in [2.24, 2.45) is 0 Å². The lowest BCUT2D eigenvalue weighted by Gasteiger charge is -2.11. The van der Waals surface area contributed by atoms with Gasteiger partial charge < -0.3 is 10.6 Å². The highest BCUT2D eigenvalue weighted by molar-refractivity contribution is 6.12. The summed E-state index contributed by atoms with van der Waals surface area (Å²) in [5.74, 6) is -0.820. The molecule has 0 unspecified atom stereocenters.